The molecule has 1 aliphatic heterocycles. The van der Waals surface area contributed by atoms with Crippen molar-refractivity contribution in [3.05, 3.63) is 24.0 Å². The Morgan fingerprint density at radius 1 is 1.24 bits per heavy atom. The Bertz CT molecular complexity index is 545. The molecule has 1 aromatic carbocycles. The van der Waals surface area contributed by atoms with Gasteiger partial charge in [-0.1, -0.05) is 13.8 Å². The molecule has 0 aromatic heterocycles. The van der Waals surface area contributed by atoms with Crippen LogP contribution in [0.2, 0.25) is 0 Å². The van der Waals surface area contributed by atoms with Gasteiger partial charge in [-0.2, -0.15) is 0 Å². The first-order valence-corrected chi connectivity index (χ1v) is 9.23. The van der Waals surface area contributed by atoms with Crippen molar-refractivity contribution >= 4 is 17.4 Å². The molecule has 0 aliphatic carbocycles. The second-order valence-corrected chi connectivity index (χ2v) is 6.88. The highest BCUT2D eigenvalue weighted by Gasteiger charge is 2.16. The van der Waals surface area contributed by atoms with Crippen LogP contribution in [0.4, 0.5) is 20.6 Å². The predicted molar refractivity (Wildman–Crippen MR) is 99.8 cm³/mol. The van der Waals surface area contributed by atoms with E-state index in [-0.39, 0.29) is 11.8 Å². The van der Waals surface area contributed by atoms with Crippen molar-refractivity contribution < 1.29 is 13.9 Å². The molecule has 0 atom stereocenters. The summed E-state index contributed by atoms with van der Waals surface area (Å²) >= 11 is 0. The molecule has 140 valence electrons. The average Bonchev–Trinajstić information content (AvgIpc) is 2.58. The molecule has 1 fully saturated rings. The molecule has 5 nitrogen and oxygen atoms in total. The van der Waals surface area contributed by atoms with Crippen LogP contribution in [0.15, 0.2) is 18.2 Å². The SMILES string of the molecule is CC(C)CCOCCNC(=O)Nc1cc(F)ccc1N1CCCCC1. The molecule has 1 aromatic rings. The van der Waals surface area contributed by atoms with Gasteiger partial charge in [-0.3, -0.25) is 0 Å². The van der Waals surface area contributed by atoms with Crippen LogP contribution >= 0.6 is 0 Å². The van der Waals surface area contributed by atoms with E-state index in [1.807, 2.05) is 0 Å². The van der Waals surface area contributed by atoms with Crippen LogP contribution in [0.25, 0.3) is 0 Å². The van der Waals surface area contributed by atoms with Gasteiger partial charge in [-0.05, 0) is 49.8 Å². The second-order valence-electron chi connectivity index (χ2n) is 6.88. The van der Waals surface area contributed by atoms with Gasteiger partial charge < -0.3 is 20.3 Å². The highest BCUT2D eigenvalue weighted by atomic mass is 19.1. The van der Waals surface area contributed by atoms with Gasteiger partial charge in [-0.25, -0.2) is 9.18 Å². The maximum atomic E-state index is 13.6. The van der Waals surface area contributed by atoms with Crippen LogP contribution in [-0.2, 0) is 4.74 Å². The number of hydrogen-bond donors (Lipinski definition) is 2. The van der Waals surface area contributed by atoms with Gasteiger partial charge in [0.15, 0.2) is 0 Å². The van der Waals surface area contributed by atoms with E-state index in [0.717, 1.165) is 38.0 Å². The second kappa shape index (κ2) is 10.2. The standard InChI is InChI=1S/C19H30FN3O2/c1-15(2)8-12-25-13-9-21-19(24)22-17-14-16(20)6-7-18(17)23-10-4-3-5-11-23/h6-7,14-15H,3-5,8-13H2,1-2H3,(H2,21,22,24). The van der Waals surface area contributed by atoms with Crippen molar-refractivity contribution in [1.29, 1.82) is 0 Å². The van der Waals surface area contributed by atoms with Gasteiger partial charge >= 0.3 is 6.03 Å². The van der Waals surface area contributed by atoms with Gasteiger partial charge in [0.05, 0.1) is 18.0 Å². The number of nitrogens with one attached hydrogen (secondary N) is 2. The van der Waals surface area contributed by atoms with E-state index < -0.39 is 0 Å². The highest BCUT2D eigenvalue weighted by Crippen LogP contribution is 2.29. The number of amides is 2. The van der Waals surface area contributed by atoms with Gasteiger partial charge in [0.25, 0.3) is 0 Å². The smallest absolute Gasteiger partial charge is 0.319 e. The number of hydrogen-bond acceptors (Lipinski definition) is 3. The summed E-state index contributed by atoms with van der Waals surface area (Å²) in [4.78, 5) is 14.3. The quantitative estimate of drug-likeness (QED) is 0.696. The van der Waals surface area contributed by atoms with E-state index in [0.29, 0.717) is 31.4 Å². The summed E-state index contributed by atoms with van der Waals surface area (Å²) in [5, 5.41) is 5.52. The average molecular weight is 351 g/mol. The first-order valence-electron chi connectivity index (χ1n) is 9.23. The number of piperidine rings is 1. The summed E-state index contributed by atoms with van der Waals surface area (Å²) < 4.78 is 19.1. The number of anilines is 2. The zero-order valence-corrected chi connectivity index (χ0v) is 15.3. The number of benzene rings is 1. The van der Waals surface area contributed by atoms with Crippen LogP contribution in [0.1, 0.15) is 39.5 Å². The minimum absolute atomic E-state index is 0.337. The van der Waals surface area contributed by atoms with Gasteiger partial charge in [-0.15, -0.1) is 0 Å². The topological polar surface area (TPSA) is 53.6 Å². The fraction of sp³-hybridized carbons (Fsp3) is 0.632. The lowest BCUT2D eigenvalue weighted by Gasteiger charge is -2.30. The summed E-state index contributed by atoms with van der Waals surface area (Å²) in [6.45, 7) is 7.77. The number of urea groups is 1. The van der Waals surface area contributed by atoms with Crippen LogP contribution < -0.4 is 15.5 Å². The lowest BCUT2D eigenvalue weighted by molar-refractivity contribution is 0.126. The first-order chi connectivity index (χ1) is 12.1. The minimum atomic E-state index is -0.354. The fourth-order valence-corrected chi connectivity index (χ4v) is 2.84. The maximum Gasteiger partial charge on any atom is 0.319 e. The van der Waals surface area contributed by atoms with E-state index in [1.54, 1.807) is 6.07 Å². The van der Waals surface area contributed by atoms with Crippen molar-refractivity contribution in [2.45, 2.75) is 39.5 Å². The van der Waals surface area contributed by atoms with Crippen molar-refractivity contribution in [2.24, 2.45) is 5.92 Å². The van der Waals surface area contributed by atoms with Crippen molar-refractivity contribution in [1.82, 2.24) is 5.32 Å². The van der Waals surface area contributed by atoms with Crippen molar-refractivity contribution in [3.63, 3.8) is 0 Å². The predicted octanol–water partition coefficient (Wildman–Crippen LogP) is 4.00. The molecule has 6 heteroatoms. The molecule has 1 aliphatic rings. The fourth-order valence-electron chi connectivity index (χ4n) is 2.84. The lowest BCUT2D eigenvalue weighted by Crippen LogP contribution is -2.34. The Balaban J connectivity index is 1.82. The van der Waals surface area contributed by atoms with E-state index >= 15 is 0 Å². The minimum Gasteiger partial charge on any atom is -0.380 e. The number of nitrogens with zero attached hydrogens (tertiary/aromatic N) is 1. The van der Waals surface area contributed by atoms with E-state index in [9.17, 15) is 9.18 Å². The van der Waals surface area contributed by atoms with E-state index in [4.69, 9.17) is 4.74 Å². The number of halogens is 1. The molecular formula is C19H30FN3O2. The molecule has 0 saturated carbocycles. The molecule has 0 spiro atoms. The first kappa shape index (κ1) is 19.5. The summed E-state index contributed by atoms with van der Waals surface area (Å²) in [7, 11) is 0. The Morgan fingerprint density at radius 3 is 2.72 bits per heavy atom. The van der Waals surface area contributed by atoms with Crippen molar-refractivity contribution in [3.8, 4) is 0 Å². The summed E-state index contributed by atoms with van der Waals surface area (Å²) in [5.41, 5.74) is 1.39. The third-order valence-corrected chi connectivity index (χ3v) is 4.28. The lowest BCUT2D eigenvalue weighted by atomic mass is 10.1. The zero-order chi connectivity index (χ0) is 18.1. The van der Waals surface area contributed by atoms with E-state index in [1.165, 1.54) is 18.6 Å². The molecule has 1 saturated heterocycles. The molecule has 0 unspecified atom stereocenters. The third-order valence-electron chi connectivity index (χ3n) is 4.28. The Morgan fingerprint density at radius 2 is 2.00 bits per heavy atom. The van der Waals surface area contributed by atoms with E-state index in [2.05, 4.69) is 29.4 Å². The van der Waals surface area contributed by atoms with Crippen LogP contribution in [-0.4, -0.2) is 38.9 Å². The molecule has 2 N–H and O–H groups in total. The Hall–Kier alpha value is -1.82. The largest absolute Gasteiger partial charge is 0.380 e. The number of carbonyl (C=O) groups excluding carboxylic acids is 1. The molecule has 2 rings (SSSR count). The molecule has 0 radical (unpaired) electrons. The summed E-state index contributed by atoms with van der Waals surface area (Å²) in [5.74, 6) is 0.255. The van der Waals surface area contributed by atoms with Gasteiger partial charge in [0.2, 0.25) is 0 Å². The molecule has 2 amide bonds. The third kappa shape index (κ3) is 6.90. The van der Waals surface area contributed by atoms with Gasteiger partial charge in [0, 0.05) is 26.2 Å². The Kier molecular flexibility index (Phi) is 7.98. The summed E-state index contributed by atoms with van der Waals surface area (Å²) in [6.07, 6.45) is 4.47. The number of ether oxygens (including phenoxy) is 1. The van der Waals surface area contributed by atoms with Crippen LogP contribution in [0.3, 0.4) is 0 Å². The number of rotatable bonds is 8. The van der Waals surface area contributed by atoms with Crippen LogP contribution in [0, 0.1) is 11.7 Å². The zero-order valence-electron chi connectivity index (χ0n) is 15.3. The normalized spacial score (nSPS) is 14.6. The monoisotopic (exact) mass is 351 g/mol. The maximum absolute atomic E-state index is 13.6. The number of carbonyl (C=O) groups is 1. The molecule has 1 heterocycles. The van der Waals surface area contributed by atoms with Crippen LogP contribution in [0.5, 0.6) is 0 Å². The molecule has 25 heavy (non-hydrogen) atoms. The van der Waals surface area contributed by atoms with Crippen molar-refractivity contribution in [2.75, 3.05) is 43.1 Å². The molecular weight excluding hydrogens is 321 g/mol. The Labute approximate surface area is 149 Å². The molecule has 0 bridgehead atoms. The van der Waals surface area contributed by atoms with Gasteiger partial charge in [0.1, 0.15) is 5.82 Å². The highest BCUT2D eigenvalue weighted by molar-refractivity contribution is 5.93. The summed E-state index contributed by atoms with van der Waals surface area (Å²) in [6, 6.07) is 4.22.